The van der Waals surface area contributed by atoms with Gasteiger partial charge in [0, 0.05) is 85.8 Å². The van der Waals surface area contributed by atoms with Crippen LogP contribution in [0.5, 0.6) is 5.75 Å². The molecule has 3 heterocycles. The van der Waals surface area contributed by atoms with Crippen molar-refractivity contribution in [1.82, 2.24) is 30.4 Å². The van der Waals surface area contributed by atoms with Gasteiger partial charge in [0.15, 0.2) is 0 Å². The zero-order chi connectivity index (χ0) is 44.0. The van der Waals surface area contributed by atoms with Gasteiger partial charge in [-0.1, -0.05) is 36.6 Å². The fourth-order valence-corrected chi connectivity index (χ4v) is 8.83. The summed E-state index contributed by atoms with van der Waals surface area (Å²) in [6, 6.07) is 12.9. The minimum atomic E-state index is -0.643. The Bertz CT molecular complexity index is 2290. The Morgan fingerprint density at radius 2 is 1.84 bits per heavy atom. The molecule has 0 saturated carbocycles. The van der Waals surface area contributed by atoms with E-state index in [1.807, 2.05) is 18.2 Å². The molecule has 0 aliphatic carbocycles. The number of likely N-dealkylation sites (tertiary alicyclic amines) is 1. The number of hydrogen-bond acceptors (Lipinski definition) is 11. The molecule has 4 N–H and O–H groups in total. The molecule has 0 spiro atoms. The Balaban J connectivity index is 0.860. The maximum absolute atomic E-state index is 13.7. The van der Waals surface area contributed by atoms with Crippen molar-refractivity contribution < 1.29 is 33.1 Å². The molecule has 6 rings (SSSR count). The van der Waals surface area contributed by atoms with Crippen LogP contribution >= 0.6 is 23.4 Å². The molecule has 328 valence electrons. The minimum Gasteiger partial charge on any atom is -0.494 e. The van der Waals surface area contributed by atoms with E-state index in [0.29, 0.717) is 58.9 Å². The SMILES string of the molecule is CNC(=O)CCC(C=O)N1Cc2c(SCCCCCCC(=O)NC3CCN(C/C=C/C(=O)Nc4cc5c(Nc6ccc(F)c(Cl)c6)ncnc5cc4OC)CC3)cccc2C1=O. The number of methoxy groups -OCH3 is 1. The van der Waals surface area contributed by atoms with Gasteiger partial charge in [0.1, 0.15) is 30.0 Å². The van der Waals surface area contributed by atoms with E-state index in [0.717, 1.165) is 74.1 Å². The molecule has 1 atom stereocenters. The first-order valence-corrected chi connectivity index (χ1v) is 22.2. The summed E-state index contributed by atoms with van der Waals surface area (Å²) in [6.07, 6.45) is 11.8. The van der Waals surface area contributed by atoms with E-state index in [1.165, 1.54) is 31.6 Å². The first-order chi connectivity index (χ1) is 30.1. The zero-order valence-electron chi connectivity index (χ0n) is 34.9. The van der Waals surface area contributed by atoms with Gasteiger partial charge in [-0.2, -0.15) is 0 Å². The second-order valence-electron chi connectivity index (χ2n) is 15.2. The number of nitrogens with zero attached hydrogens (tertiary/aromatic N) is 4. The van der Waals surface area contributed by atoms with Crippen molar-refractivity contribution in [3.63, 3.8) is 0 Å². The molecular weight excluding hydrogens is 835 g/mol. The van der Waals surface area contributed by atoms with Crippen molar-refractivity contribution in [1.29, 1.82) is 0 Å². The second kappa shape index (κ2) is 22.5. The smallest absolute Gasteiger partial charge is 0.255 e. The number of fused-ring (bicyclic) bond motifs is 2. The molecule has 4 amide bonds. The maximum Gasteiger partial charge on any atom is 0.255 e. The van der Waals surface area contributed by atoms with E-state index < -0.39 is 11.9 Å². The van der Waals surface area contributed by atoms with Crippen LogP contribution in [0.1, 0.15) is 73.7 Å². The number of piperidine rings is 1. The molecule has 2 aliphatic rings. The molecule has 1 unspecified atom stereocenters. The number of ether oxygens (including phenoxy) is 1. The molecule has 0 radical (unpaired) electrons. The average molecular weight is 887 g/mol. The Hall–Kier alpha value is -5.58. The third-order valence-electron chi connectivity index (χ3n) is 11.0. The van der Waals surface area contributed by atoms with E-state index >= 15 is 0 Å². The highest BCUT2D eigenvalue weighted by Gasteiger charge is 2.34. The Kier molecular flexibility index (Phi) is 16.7. The standard InChI is InChI=1S/C45H52ClFN8O6S/c1-48-41(57)16-14-31(27-56)55-26-34-32(45(55)60)9-7-10-40(34)62-22-6-4-3-5-11-42(58)51-29-17-20-54(21-18-29)19-8-12-43(59)53-38-24-33-37(25-39(38)61-2)49-28-50-44(33)52-30-13-15-36(47)35(46)23-30/h7-10,12-13,15,23-25,27-29,31H,3-6,11,14,16-22,26H2,1-2H3,(H,48,57)(H,51,58)(H,53,59)(H,49,50,52)/b12-8+. The monoisotopic (exact) mass is 886 g/mol. The van der Waals surface area contributed by atoms with Crippen LogP contribution < -0.4 is 26.0 Å². The lowest BCUT2D eigenvalue weighted by atomic mass is 10.0. The number of carbonyl (C=O) groups excluding carboxylic acids is 5. The van der Waals surface area contributed by atoms with Crippen molar-refractivity contribution in [2.24, 2.45) is 0 Å². The summed E-state index contributed by atoms with van der Waals surface area (Å²) in [4.78, 5) is 75.8. The summed E-state index contributed by atoms with van der Waals surface area (Å²) in [5, 5.41) is 12.4. The van der Waals surface area contributed by atoms with Crippen molar-refractivity contribution in [3.05, 3.63) is 89.0 Å². The number of unbranched alkanes of at least 4 members (excludes halogenated alkanes) is 3. The predicted molar refractivity (Wildman–Crippen MR) is 239 cm³/mol. The lowest BCUT2D eigenvalue weighted by molar-refractivity contribution is -0.122. The number of hydrogen-bond donors (Lipinski definition) is 4. The van der Waals surface area contributed by atoms with E-state index in [4.69, 9.17) is 16.3 Å². The Morgan fingerprint density at radius 1 is 1.03 bits per heavy atom. The normalized spacial score (nSPS) is 14.8. The van der Waals surface area contributed by atoms with Crippen LogP contribution in [-0.4, -0.2) is 101 Å². The molecule has 62 heavy (non-hydrogen) atoms. The summed E-state index contributed by atoms with van der Waals surface area (Å²) in [5.74, 6) is 0.638. The third-order valence-corrected chi connectivity index (χ3v) is 12.5. The van der Waals surface area contributed by atoms with Crippen LogP contribution in [0, 0.1) is 5.82 Å². The van der Waals surface area contributed by atoms with Crippen LogP contribution in [0.15, 0.2) is 71.9 Å². The van der Waals surface area contributed by atoms with Gasteiger partial charge >= 0.3 is 0 Å². The van der Waals surface area contributed by atoms with Crippen LogP contribution in [0.2, 0.25) is 5.02 Å². The van der Waals surface area contributed by atoms with Crippen LogP contribution in [0.3, 0.4) is 0 Å². The lowest BCUT2D eigenvalue weighted by Crippen LogP contribution is -2.44. The first kappa shape index (κ1) is 45.9. The van der Waals surface area contributed by atoms with Crippen molar-refractivity contribution >= 4 is 81.4 Å². The van der Waals surface area contributed by atoms with Gasteiger partial charge in [0.05, 0.1) is 29.4 Å². The number of benzene rings is 3. The fraction of sp³-hybridized carbons (Fsp3) is 0.400. The summed E-state index contributed by atoms with van der Waals surface area (Å²) in [6.45, 7) is 2.55. The van der Waals surface area contributed by atoms with Crippen molar-refractivity contribution in [3.8, 4) is 5.75 Å². The number of amides is 4. The van der Waals surface area contributed by atoms with Gasteiger partial charge in [0.25, 0.3) is 5.91 Å². The number of halogens is 2. The number of anilines is 3. The van der Waals surface area contributed by atoms with Crippen LogP contribution in [0.4, 0.5) is 21.6 Å². The summed E-state index contributed by atoms with van der Waals surface area (Å²) in [7, 11) is 3.06. The molecule has 3 aromatic carbocycles. The van der Waals surface area contributed by atoms with Crippen LogP contribution in [0.25, 0.3) is 10.9 Å². The summed E-state index contributed by atoms with van der Waals surface area (Å²) >= 11 is 7.66. The highest BCUT2D eigenvalue weighted by molar-refractivity contribution is 7.99. The molecule has 17 heteroatoms. The topological polar surface area (TPSA) is 175 Å². The van der Waals surface area contributed by atoms with Crippen molar-refractivity contribution in [2.75, 3.05) is 50.2 Å². The van der Waals surface area contributed by atoms with Crippen LogP contribution in [-0.2, 0) is 25.7 Å². The molecule has 0 bridgehead atoms. The number of aromatic nitrogens is 2. The zero-order valence-corrected chi connectivity index (χ0v) is 36.5. The number of aldehydes is 1. The quantitative estimate of drug-likeness (QED) is 0.0292. The second-order valence-corrected chi connectivity index (χ2v) is 16.8. The third kappa shape index (κ3) is 12.3. The van der Waals surface area contributed by atoms with Gasteiger partial charge < -0.3 is 35.7 Å². The first-order valence-electron chi connectivity index (χ1n) is 20.8. The Morgan fingerprint density at radius 3 is 2.60 bits per heavy atom. The Labute approximate surface area is 369 Å². The number of rotatable bonds is 21. The van der Waals surface area contributed by atoms with Gasteiger partial charge in [-0.05, 0) is 79.8 Å². The highest BCUT2D eigenvalue weighted by atomic mass is 35.5. The molecule has 1 fully saturated rings. The molecule has 14 nitrogen and oxygen atoms in total. The largest absolute Gasteiger partial charge is 0.494 e. The van der Waals surface area contributed by atoms with E-state index in [9.17, 15) is 28.4 Å². The van der Waals surface area contributed by atoms with Crippen molar-refractivity contribution in [2.45, 2.75) is 81.3 Å². The average Bonchev–Trinajstić information content (AvgIpc) is 3.61. The van der Waals surface area contributed by atoms with Gasteiger partial charge in [-0.3, -0.25) is 24.1 Å². The van der Waals surface area contributed by atoms with Gasteiger partial charge in [0.2, 0.25) is 17.7 Å². The predicted octanol–water partition coefficient (Wildman–Crippen LogP) is 7.04. The number of nitrogens with one attached hydrogen (secondary N) is 4. The number of thioether (sulfide) groups is 1. The van der Waals surface area contributed by atoms with Gasteiger partial charge in [-0.15, -0.1) is 11.8 Å². The van der Waals surface area contributed by atoms with E-state index in [1.54, 1.807) is 48.0 Å². The number of carbonyl (C=O) groups is 5. The van der Waals surface area contributed by atoms with E-state index in [-0.39, 0.29) is 47.5 Å². The fourth-order valence-electron chi connectivity index (χ4n) is 7.56. The molecule has 2 aliphatic heterocycles. The highest BCUT2D eigenvalue weighted by Crippen LogP contribution is 2.35. The minimum absolute atomic E-state index is 0.0263. The summed E-state index contributed by atoms with van der Waals surface area (Å²) in [5.41, 5.74) is 3.11. The van der Waals surface area contributed by atoms with Gasteiger partial charge in [-0.25, -0.2) is 14.4 Å². The molecule has 1 saturated heterocycles. The molecule has 1 aromatic heterocycles. The summed E-state index contributed by atoms with van der Waals surface area (Å²) < 4.78 is 19.2. The maximum atomic E-state index is 13.7. The van der Waals surface area contributed by atoms with E-state index in [2.05, 4.69) is 36.1 Å². The lowest BCUT2D eigenvalue weighted by Gasteiger charge is -2.31. The molecule has 4 aromatic rings. The molecular formula is C45H52ClFN8O6S.